The van der Waals surface area contributed by atoms with Crippen molar-refractivity contribution in [1.82, 2.24) is 9.80 Å². The third kappa shape index (κ3) is 5.14. The summed E-state index contributed by atoms with van der Waals surface area (Å²) in [6, 6.07) is 7.27. The van der Waals surface area contributed by atoms with Gasteiger partial charge in [-0.3, -0.25) is 13.9 Å². The molecular formula is C19H19F3N3O3S-. The number of hydrogen-bond donors (Lipinski definition) is 1. The molecule has 0 bridgehead atoms. The summed E-state index contributed by atoms with van der Waals surface area (Å²) in [5, 5.41) is 0. The van der Waals surface area contributed by atoms with Crippen molar-refractivity contribution in [1.29, 1.82) is 0 Å². The Balaban J connectivity index is 1.63. The molecule has 156 valence electrons. The average molecular weight is 426 g/mol. The van der Waals surface area contributed by atoms with Crippen LogP contribution in [0.4, 0.5) is 18.9 Å². The fraction of sp³-hybridized carbons (Fsp3) is 0.316. The van der Waals surface area contributed by atoms with Crippen LogP contribution in [0.15, 0.2) is 36.4 Å². The topological polar surface area (TPSA) is 75.7 Å². The molecule has 1 N–H and O–H groups in total. The Bertz CT molecular complexity index is 927. The molecule has 1 aliphatic rings. The third-order valence-corrected chi connectivity index (χ3v) is 5.19. The molecule has 0 saturated carbocycles. The zero-order valence-corrected chi connectivity index (χ0v) is 16.3. The Morgan fingerprint density at radius 1 is 1.14 bits per heavy atom. The van der Waals surface area contributed by atoms with E-state index in [4.69, 9.17) is 0 Å². The minimum atomic E-state index is -2.44. The van der Waals surface area contributed by atoms with E-state index in [0.29, 0.717) is 37.0 Å². The van der Waals surface area contributed by atoms with E-state index in [1.165, 1.54) is 24.3 Å². The number of benzene rings is 2. The second kappa shape index (κ2) is 8.93. The number of halogens is 3. The van der Waals surface area contributed by atoms with Crippen molar-refractivity contribution < 1.29 is 26.7 Å². The van der Waals surface area contributed by atoms with Crippen molar-refractivity contribution in [2.75, 3.05) is 24.4 Å². The molecule has 10 heteroatoms. The number of nitrogens with zero attached hydrogens (tertiary/aromatic N) is 2. The summed E-state index contributed by atoms with van der Waals surface area (Å²) in [6.07, 6.45) is 0. The van der Waals surface area contributed by atoms with Crippen LogP contribution in [0.3, 0.4) is 0 Å². The minimum Gasteiger partial charge on any atom is -0.755 e. The Morgan fingerprint density at radius 3 is 2.41 bits per heavy atom. The van der Waals surface area contributed by atoms with Gasteiger partial charge in [0.1, 0.15) is 5.82 Å². The third-order valence-electron chi connectivity index (χ3n) is 4.79. The van der Waals surface area contributed by atoms with Crippen LogP contribution in [-0.4, -0.2) is 50.1 Å². The summed E-state index contributed by atoms with van der Waals surface area (Å²) in [5.41, 5.74) is 0.829. The van der Waals surface area contributed by atoms with Crippen LogP contribution in [-0.2, 0) is 17.8 Å². The van der Waals surface area contributed by atoms with Crippen LogP contribution in [0.2, 0.25) is 0 Å². The highest BCUT2D eigenvalue weighted by Crippen LogP contribution is 2.20. The zero-order valence-electron chi connectivity index (χ0n) is 15.5. The van der Waals surface area contributed by atoms with Crippen LogP contribution in [0.25, 0.3) is 0 Å². The molecule has 6 nitrogen and oxygen atoms in total. The number of hydrogen-bond acceptors (Lipinski definition) is 4. The summed E-state index contributed by atoms with van der Waals surface area (Å²) >= 11 is -2.44. The molecular weight excluding hydrogens is 407 g/mol. The van der Waals surface area contributed by atoms with Gasteiger partial charge in [0.05, 0.1) is 0 Å². The van der Waals surface area contributed by atoms with Crippen LogP contribution in [0, 0.1) is 17.5 Å². The monoisotopic (exact) mass is 426 g/mol. The van der Waals surface area contributed by atoms with E-state index in [0.717, 1.165) is 6.07 Å². The normalized spacial score (nSPS) is 18.5. The molecule has 1 fully saturated rings. The minimum absolute atomic E-state index is 0.0646. The number of amides is 1. The molecule has 2 unspecified atom stereocenters. The molecule has 2 aromatic rings. The first-order chi connectivity index (χ1) is 13.7. The molecule has 1 saturated heterocycles. The highest BCUT2D eigenvalue weighted by atomic mass is 32.2. The molecule has 29 heavy (non-hydrogen) atoms. The van der Waals surface area contributed by atoms with Crippen molar-refractivity contribution in [2.24, 2.45) is 0 Å². The van der Waals surface area contributed by atoms with Crippen LogP contribution >= 0.6 is 0 Å². The lowest BCUT2D eigenvalue weighted by Gasteiger charge is -2.40. The van der Waals surface area contributed by atoms with E-state index < -0.39 is 28.7 Å². The fourth-order valence-corrected chi connectivity index (χ4v) is 3.68. The largest absolute Gasteiger partial charge is 0.755 e. The molecule has 0 radical (unpaired) electrons. The van der Waals surface area contributed by atoms with Gasteiger partial charge < -0.3 is 14.2 Å². The first kappa shape index (κ1) is 21.3. The molecule has 2 atom stereocenters. The van der Waals surface area contributed by atoms with Gasteiger partial charge in [0.2, 0.25) is 0 Å². The Labute approximate surface area is 168 Å². The molecule has 1 amide bonds. The molecule has 0 spiro atoms. The smallest absolute Gasteiger partial charge is 0.254 e. The van der Waals surface area contributed by atoms with Gasteiger partial charge in [-0.2, -0.15) is 0 Å². The maximum Gasteiger partial charge on any atom is 0.254 e. The van der Waals surface area contributed by atoms with Gasteiger partial charge in [0.15, 0.2) is 11.6 Å². The predicted molar refractivity (Wildman–Crippen MR) is 101 cm³/mol. The van der Waals surface area contributed by atoms with Crippen LogP contribution in [0.5, 0.6) is 0 Å². The van der Waals surface area contributed by atoms with Gasteiger partial charge in [-0.05, 0) is 37.3 Å². The Kier molecular flexibility index (Phi) is 6.56. The van der Waals surface area contributed by atoms with Gasteiger partial charge >= 0.3 is 0 Å². The van der Waals surface area contributed by atoms with E-state index in [-0.39, 0.29) is 24.1 Å². The number of piperazine rings is 1. The highest BCUT2D eigenvalue weighted by molar-refractivity contribution is 7.80. The number of carbonyl (C=O) groups is 1. The van der Waals surface area contributed by atoms with Gasteiger partial charge in [-0.15, -0.1) is 0 Å². The van der Waals surface area contributed by atoms with Crippen molar-refractivity contribution in [3.63, 3.8) is 0 Å². The van der Waals surface area contributed by atoms with Crippen LogP contribution in [0.1, 0.15) is 22.8 Å². The van der Waals surface area contributed by atoms with Crippen molar-refractivity contribution in [3.8, 4) is 0 Å². The molecule has 1 aliphatic heterocycles. The number of carbonyl (C=O) groups excluding carboxylic acids is 1. The molecule has 0 aliphatic carbocycles. The van der Waals surface area contributed by atoms with E-state index in [1.807, 2.05) is 11.8 Å². The van der Waals surface area contributed by atoms with E-state index in [9.17, 15) is 26.7 Å². The van der Waals surface area contributed by atoms with Gasteiger partial charge in [0, 0.05) is 66.4 Å². The predicted octanol–water partition coefficient (Wildman–Crippen LogP) is 2.66. The summed E-state index contributed by atoms with van der Waals surface area (Å²) in [4.78, 5) is 16.3. The maximum absolute atomic E-state index is 13.9. The second-order valence-corrected chi connectivity index (χ2v) is 7.53. The second-order valence-electron chi connectivity index (χ2n) is 6.85. The van der Waals surface area contributed by atoms with E-state index >= 15 is 0 Å². The molecule has 2 aromatic carbocycles. The van der Waals surface area contributed by atoms with E-state index in [2.05, 4.69) is 4.72 Å². The van der Waals surface area contributed by atoms with Gasteiger partial charge in [0.25, 0.3) is 5.91 Å². The van der Waals surface area contributed by atoms with Crippen molar-refractivity contribution >= 4 is 22.9 Å². The first-order valence-electron chi connectivity index (χ1n) is 8.87. The summed E-state index contributed by atoms with van der Waals surface area (Å²) in [7, 11) is 0. The van der Waals surface area contributed by atoms with Gasteiger partial charge in [-0.1, -0.05) is 0 Å². The summed E-state index contributed by atoms with van der Waals surface area (Å²) in [5.74, 6) is -3.33. The highest BCUT2D eigenvalue weighted by Gasteiger charge is 2.28. The molecule has 3 rings (SSSR count). The van der Waals surface area contributed by atoms with Crippen molar-refractivity contribution in [2.45, 2.75) is 19.5 Å². The quantitative estimate of drug-likeness (QED) is 0.589. The number of rotatable bonds is 5. The average Bonchev–Trinajstić information content (AvgIpc) is 2.66. The lowest BCUT2D eigenvalue weighted by atomic mass is 10.1. The first-order valence-corrected chi connectivity index (χ1v) is 9.95. The number of anilines is 1. The maximum atomic E-state index is 13.9. The van der Waals surface area contributed by atoms with Gasteiger partial charge in [-0.25, -0.2) is 13.2 Å². The van der Waals surface area contributed by atoms with Crippen LogP contribution < -0.4 is 4.72 Å². The number of nitrogens with one attached hydrogen (secondary N) is 1. The summed E-state index contributed by atoms with van der Waals surface area (Å²) < 4.78 is 63.8. The standard InChI is InChI=1S/C19H20F3N3O3S/c1-12-10-24(11-14-8-17(21)18(22)9-16(14)20)6-7-25(12)19(26)13-2-4-15(5-3-13)23-29(27)28/h2-5,8-9,12,23H,6-7,10-11H2,1H3,(H,27,28)/p-1. The Morgan fingerprint density at radius 2 is 1.79 bits per heavy atom. The molecule has 0 aromatic heterocycles. The lowest BCUT2D eigenvalue weighted by Crippen LogP contribution is -2.53. The summed E-state index contributed by atoms with van der Waals surface area (Å²) in [6.45, 7) is 3.24. The lowest BCUT2D eigenvalue weighted by molar-refractivity contribution is 0.0473. The zero-order chi connectivity index (χ0) is 21.1. The Hall–Kier alpha value is -2.43. The fourth-order valence-electron chi connectivity index (χ4n) is 3.35. The SMILES string of the molecule is CC1CN(Cc2cc(F)c(F)cc2F)CCN1C(=O)c1ccc(NS(=O)[O-])cc1. The van der Waals surface area contributed by atoms with E-state index in [1.54, 1.807) is 4.90 Å². The van der Waals surface area contributed by atoms with Crippen molar-refractivity contribution in [3.05, 3.63) is 65.0 Å². The molecule has 1 heterocycles.